The molecule has 2 heterocycles. The number of carbonyl (C=O) groups is 2. The zero-order valence-electron chi connectivity index (χ0n) is 11.7. The minimum absolute atomic E-state index is 0.117. The van der Waals surface area contributed by atoms with Crippen LogP contribution in [-0.2, 0) is 9.53 Å². The van der Waals surface area contributed by atoms with Gasteiger partial charge in [-0.2, -0.15) is 0 Å². The van der Waals surface area contributed by atoms with Gasteiger partial charge in [-0.15, -0.1) is 0 Å². The Morgan fingerprint density at radius 1 is 1.35 bits per heavy atom. The third kappa shape index (κ3) is 3.07. The number of aromatic nitrogens is 1. The molecule has 6 heteroatoms. The average molecular weight is 278 g/mol. The highest BCUT2D eigenvalue weighted by Crippen LogP contribution is 2.20. The van der Waals surface area contributed by atoms with Crippen LogP contribution in [0.15, 0.2) is 18.3 Å². The van der Waals surface area contributed by atoms with E-state index < -0.39 is 0 Å². The van der Waals surface area contributed by atoms with Crippen molar-refractivity contribution >= 4 is 11.9 Å². The first-order valence-corrected chi connectivity index (χ1v) is 6.53. The molecule has 0 aromatic carbocycles. The number of pyridine rings is 1. The molecule has 1 aromatic heterocycles. The summed E-state index contributed by atoms with van der Waals surface area (Å²) in [6, 6.07) is 3.32. The van der Waals surface area contributed by atoms with E-state index in [1.165, 1.54) is 20.4 Å². The summed E-state index contributed by atoms with van der Waals surface area (Å²) >= 11 is 0. The molecule has 108 valence electrons. The summed E-state index contributed by atoms with van der Waals surface area (Å²) in [5.41, 5.74) is 0.497. The number of carbonyl (C=O) groups excluding carboxylic acids is 2. The third-order valence-corrected chi connectivity index (χ3v) is 3.44. The molecule has 1 saturated heterocycles. The molecule has 0 radical (unpaired) electrons. The molecule has 0 bridgehead atoms. The molecule has 2 rings (SSSR count). The van der Waals surface area contributed by atoms with E-state index in [0.717, 1.165) is 12.8 Å². The highest BCUT2D eigenvalue weighted by Gasteiger charge is 2.29. The normalized spacial score (nSPS) is 18.5. The van der Waals surface area contributed by atoms with Crippen LogP contribution < -0.4 is 4.74 Å². The number of methoxy groups -OCH3 is 2. The SMILES string of the molecule is COC(=O)C1CCCN(C(=O)c2ccc(OC)nc2)C1. The van der Waals surface area contributed by atoms with Gasteiger partial charge in [-0.3, -0.25) is 9.59 Å². The van der Waals surface area contributed by atoms with Crippen LogP contribution in [0, 0.1) is 5.92 Å². The monoisotopic (exact) mass is 278 g/mol. The molecule has 20 heavy (non-hydrogen) atoms. The highest BCUT2D eigenvalue weighted by atomic mass is 16.5. The fraction of sp³-hybridized carbons (Fsp3) is 0.500. The quantitative estimate of drug-likeness (QED) is 0.775. The van der Waals surface area contributed by atoms with Gasteiger partial charge in [-0.1, -0.05) is 0 Å². The predicted octanol–water partition coefficient (Wildman–Crippen LogP) is 1.12. The Morgan fingerprint density at radius 2 is 2.15 bits per heavy atom. The highest BCUT2D eigenvalue weighted by molar-refractivity contribution is 5.94. The smallest absolute Gasteiger partial charge is 0.310 e. The largest absolute Gasteiger partial charge is 0.481 e. The lowest BCUT2D eigenvalue weighted by atomic mass is 9.97. The van der Waals surface area contributed by atoms with Gasteiger partial charge in [0.15, 0.2) is 0 Å². The van der Waals surface area contributed by atoms with Gasteiger partial charge in [0.05, 0.1) is 25.7 Å². The van der Waals surface area contributed by atoms with E-state index >= 15 is 0 Å². The Bertz CT molecular complexity index is 486. The molecular formula is C14H18N2O4. The summed E-state index contributed by atoms with van der Waals surface area (Å²) in [5.74, 6) is -0.138. The fourth-order valence-electron chi connectivity index (χ4n) is 2.33. The van der Waals surface area contributed by atoms with E-state index in [2.05, 4.69) is 4.98 Å². The fourth-order valence-corrected chi connectivity index (χ4v) is 2.33. The van der Waals surface area contributed by atoms with E-state index in [-0.39, 0.29) is 17.8 Å². The number of amides is 1. The second-order valence-corrected chi connectivity index (χ2v) is 4.70. The van der Waals surface area contributed by atoms with Crippen molar-refractivity contribution in [3.63, 3.8) is 0 Å². The number of hydrogen-bond acceptors (Lipinski definition) is 5. The second kappa shape index (κ2) is 6.36. The summed E-state index contributed by atoms with van der Waals surface area (Å²) in [7, 11) is 2.89. The first kappa shape index (κ1) is 14.3. The molecule has 0 spiro atoms. The number of ether oxygens (including phenoxy) is 2. The maximum Gasteiger partial charge on any atom is 0.310 e. The molecule has 1 aliphatic rings. The van der Waals surface area contributed by atoms with E-state index in [9.17, 15) is 9.59 Å². The molecule has 0 N–H and O–H groups in total. The molecule has 1 aliphatic heterocycles. The number of nitrogens with zero attached hydrogens (tertiary/aromatic N) is 2. The van der Waals surface area contributed by atoms with E-state index in [0.29, 0.717) is 24.5 Å². The van der Waals surface area contributed by atoms with Crippen LogP contribution in [0.2, 0.25) is 0 Å². The summed E-state index contributed by atoms with van der Waals surface area (Å²) in [6.45, 7) is 1.05. The third-order valence-electron chi connectivity index (χ3n) is 3.44. The minimum atomic E-state index is -0.254. The van der Waals surface area contributed by atoms with Crippen LogP contribution in [0.5, 0.6) is 5.88 Å². The Morgan fingerprint density at radius 3 is 2.75 bits per heavy atom. The number of hydrogen-bond donors (Lipinski definition) is 0. The standard InChI is InChI=1S/C14H18N2O4/c1-19-12-6-5-10(8-15-12)13(17)16-7-3-4-11(9-16)14(18)20-2/h5-6,8,11H,3-4,7,9H2,1-2H3. The maximum atomic E-state index is 12.3. The van der Waals surface area contributed by atoms with Crippen molar-refractivity contribution in [1.82, 2.24) is 9.88 Å². The van der Waals surface area contributed by atoms with E-state index in [4.69, 9.17) is 9.47 Å². The van der Waals surface area contributed by atoms with Gasteiger partial charge in [-0.25, -0.2) is 4.98 Å². The number of likely N-dealkylation sites (tertiary alicyclic amines) is 1. The Balaban J connectivity index is 2.05. The molecule has 1 amide bonds. The maximum absolute atomic E-state index is 12.3. The number of rotatable bonds is 3. The van der Waals surface area contributed by atoms with Gasteiger partial charge in [0.2, 0.25) is 5.88 Å². The summed E-state index contributed by atoms with van der Waals surface area (Å²) in [5, 5.41) is 0. The first-order valence-electron chi connectivity index (χ1n) is 6.53. The van der Waals surface area contributed by atoms with Crippen molar-refractivity contribution in [2.75, 3.05) is 27.3 Å². The molecule has 0 aliphatic carbocycles. The zero-order chi connectivity index (χ0) is 14.5. The van der Waals surface area contributed by atoms with Gasteiger partial charge in [0.1, 0.15) is 0 Å². The summed E-state index contributed by atoms with van der Waals surface area (Å²) < 4.78 is 9.71. The van der Waals surface area contributed by atoms with Crippen molar-refractivity contribution in [3.8, 4) is 5.88 Å². The molecule has 0 saturated carbocycles. The molecular weight excluding hydrogens is 260 g/mol. The zero-order valence-corrected chi connectivity index (χ0v) is 11.7. The van der Waals surface area contributed by atoms with Crippen LogP contribution in [0.25, 0.3) is 0 Å². The molecule has 1 unspecified atom stereocenters. The lowest BCUT2D eigenvalue weighted by molar-refractivity contribution is -0.146. The summed E-state index contributed by atoms with van der Waals surface area (Å²) in [4.78, 5) is 29.6. The topological polar surface area (TPSA) is 68.7 Å². The molecule has 1 aromatic rings. The lowest BCUT2D eigenvalue weighted by Crippen LogP contribution is -2.42. The van der Waals surface area contributed by atoms with Gasteiger partial charge in [0, 0.05) is 25.4 Å². The van der Waals surface area contributed by atoms with Gasteiger partial charge < -0.3 is 14.4 Å². The van der Waals surface area contributed by atoms with Gasteiger partial charge >= 0.3 is 5.97 Å². The van der Waals surface area contributed by atoms with Crippen molar-refractivity contribution in [3.05, 3.63) is 23.9 Å². The average Bonchev–Trinajstić information content (AvgIpc) is 2.53. The number of esters is 1. The van der Waals surface area contributed by atoms with Crippen molar-refractivity contribution in [2.24, 2.45) is 5.92 Å². The van der Waals surface area contributed by atoms with E-state index in [1.54, 1.807) is 17.0 Å². The van der Waals surface area contributed by atoms with Crippen LogP contribution in [0.4, 0.5) is 0 Å². The van der Waals surface area contributed by atoms with Crippen LogP contribution in [-0.4, -0.2) is 49.1 Å². The second-order valence-electron chi connectivity index (χ2n) is 4.70. The Hall–Kier alpha value is -2.11. The number of piperidine rings is 1. The molecule has 1 fully saturated rings. The first-order chi connectivity index (χ1) is 9.65. The molecule has 6 nitrogen and oxygen atoms in total. The summed E-state index contributed by atoms with van der Waals surface area (Å²) in [6.07, 6.45) is 3.05. The predicted molar refractivity (Wildman–Crippen MR) is 71.4 cm³/mol. The molecule has 1 atom stereocenters. The van der Waals surface area contributed by atoms with Crippen molar-refractivity contribution in [1.29, 1.82) is 0 Å². The van der Waals surface area contributed by atoms with Crippen LogP contribution in [0.1, 0.15) is 23.2 Å². The van der Waals surface area contributed by atoms with Crippen molar-refractivity contribution < 1.29 is 19.1 Å². The lowest BCUT2D eigenvalue weighted by Gasteiger charge is -2.31. The van der Waals surface area contributed by atoms with E-state index in [1.807, 2.05) is 0 Å². The van der Waals surface area contributed by atoms with Crippen molar-refractivity contribution in [2.45, 2.75) is 12.8 Å². The minimum Gasteiger partial charge on any atom is -0.481 e. The Labute approximate surface area is 117 Å². The van der Waals surface area contributed by atoms with Gasteiger partial charge in [0.25, 0.3) is 5.91 Å². The van der Waals surface area contributed by atoms with Crippen LogP contribution in [0.3, 0.4) is 0 Å². The van der Waals surface area contributed by atoms with Gasteiger partial charge in [-0.05, 0) is 18.9 Å². The van der Waals surface area contributed by atoms with Crippen LogP contribution >= 0.6 is 0 Å². The Kier molecular flexibility index (Phi) is 4.55.